The lowest BCUT2D eigenvalue weighted by molar-refractivity contribution is 0.340. The number of hydrogen-bond donors (Lipinski definition) is 1. The minimum absolute atomic E-state index is 0.0341. The molecular weight excluding hydrogens is 340 g/mol. The summed E-state index contributed by atoms with van der Waals surface area (Å²) in [5, 5.41) is 0. The molecule has 23 heavy (non-hydrogen) atoms. The van der Waals surface area contributed by atoms with Crippen molar-refractivity contribution in [2.24, 2.45) is 5.73 Å². The summed E-state index contributed by atoms with van der Waals surface area (Å²) in [7, 11) is -5.22. The third kappa shape index (κ3) is 5.45. The molecule has 2 N–H and O–H groups in total. The highest BCUT2D eigenvalue weighted by atomic mass is 32.2. The Labute approximate surface area is 138 Å². The lowest BCUT2D eigenvalue weighted by Crippen LogP contribution is -2.39. The van der Waals surface area contributed by atoms with E-state index in [0.717, 1.165) is 0 Å². The van der Waals surface area contributed by atoms with Crippen molar-refractivity contribution < 1.29 is 21.6 Å². The standard InChI is InChI=1S/C14H24N2O5S2/c1-4-22(17,18)10-9-21-13-5-7-14(8-6-13)23(19,20)16(3)12(2)11-15/h5-8,12H,4,9-11,15H2,1-3H3. The molecule has 0 saturated carbocycles. The second-order valence-corrected chi connectivity index (χ2v) is 9.63. The van der Waals surface area contributed by atoms with Crippen LogP contribution in [0, 0.1) is 0 Å². The molecule has 0 aliphatic carbocycles. The van der Waals surface area contributed by atoms with Crippen LogP contribution < -0.4 is 10.5 Å². The maximum atomic E-state index is 12.4. The zero-order valence-corrected chi connectivity index (χ0v) is 15.2. The Kier molecular flexibility index (Phi) is 7.00. The number of nitrogens with two attached hydrogens (primary N) is 1. The molecule has 9 heteroatoms. The summed E-state index contributed by atoms with van der Waals surface area (Å²) in [6.45, 7) is 3.56. The lowest BCUT2D eigenvalue weighted by atomic mass is 10.3. The molecule has 0 aromatic heterocycles. The molecule has 0 saturated heterocycles. The van der Waals surface area contributed by atoms with Crippen LogP contribution in [0.25, 0.3) is 0 Å². The highest BCUT2D eigenvalue weighted by Crippen LogP contribution is 2.20. The Hall–Kier alpha value is -1.16. The van der Waals surface area contributed by atoms with Crippen LogP contribution >= 0.6 is 0 Å². The third-order valence-corrected chi connectivity index (χ3v) is 7.22. The molecule has 1 unspecified atom stereocenters. The molecule has 0 radical (unpaired) electrons. The number of sulfonamides is 1. The fraction of sp³-hybridized carbons (Fsp3) is 0.571. The van der Waals surface area contributed by atoms with Crippen LogP contribution in [0.1, 0.15) is 13.8 Å². The van der Waals surface area contributed by atoms with Crippen molar-refractivity contribution in [2.75, 3.05) is 31.7 Å². The van der Waals surface area contributed by atoms with Crippen LogP contribution in [-0.4, -0.2) is 58.9 Å². The van der Waals surface area contributed by atoms with Gasteiger partial charge < -0.3 is 10.5 Å². The molecule has 7 nitrogen and oxygen atoms in total. The molecule has 1 aromatic rings. The molecule has 0 fully saturated rings. The summed E-state index contributed by atoms with van der Waals surface area (Å²) in [5.74, 6) is 0.421. The van der Waals surface area contributed by atoms with E-state index in [1.807, 2.05) is 0 Å². The SMILES string of the molecule is CCS(=O)(=O)CCOc1ccc(S(=O)(=O)N(C)C(C)CN)cc1. The number of nitrogens with zero attached hydrogens (tertiary/aromatic N) is 1. The quantitative estimate of drug-likeness (QED) is 0.682. The van der Waals surface area contributed by atoms with Crippen LogP contribution in [0.15, 0.2) is 29.2 Å². The fourth-order valence-corrected chi connectivity index (χ4v) is 3.69. The second-order valence-electron chi connectivity index (χ2n) is 5.16. The number of rotatable bonds is 9. The number of ether oxygens (including phenoxy) is 1. The van der Waals surface area contributed by atoms with Gasteiger partial charge in [-0.25, -0.2) is 16.8 Å². The van der Waals surface area contributed by atoms with E-state index < -0.39 is 19.9 Å². The van der Waals surface area contributed by atoms with Gasteiger partial charge in [-0.05, 0) is 31.2 Å². The average molecular weight is 364 g/mol. The number of likely N-dealkylation sites (N-methyl/N-ethyl adjacent to an activating group) is 1. The molecule has 1 atom stereocenters. The van der Waals surface area contributed by atoms with Crippen molar-refractivity contribution in [1.29, 1.82) is 0 Å². The van der Waals surface area contributed by atoms with Crippen molar-refractivity contribution in [3.8, 4) is 5.75 Å². The normalized spacial score (nSPS) is 14.0. The Morgan fingerprint density at radius 2 is 1.74 bits per heavy atom. The van der Waals surface area contributed by atoms with Crippen LogP contribution in [0.3, 0.4) is 0 Å². The lowest BCUT2D eigenvalue weighted by Gasteiger charge is -2.23. The first-order valence-corrected chi connectivity index (χ1v) is 10.5. The molecule has 0 aliphatic rings. The van der Waals surface area contributed by atoms with Gasteiger partial charge >= 0.3 is 0 Å². The van der Waals surface area contributed by atoms with Gasteiger partial charge in [0.25, 0.3) is 0 Å². The summed E-state index contributed by atoms with van der Waals surface area (Å²) in [6.07, 6.45) is 0. The van der Waals surface area contributed by atoms with E-state index in [1.54, 1.807) is 13.8 Å². The zero-order valence-electron chi connectivity index (χ0n) is 13.6. The van der Waals surface area contributed by atoms with Crippen molar-refractivity contribution in [3.63, 3.8) is 0 Å². The minimum atomic E-state index is -3.61. The number of sulfone groups is 1. The number of hydrogen-bond acceptors (Lipinski definition) is 6. The molecule has 132 valence electrons. The number of benzene rings is 1. The highest BCUT2D eigenvalue weighted by Gasteiger charge is 2.24. The molecule has 1 aromatic carbocycles. The smallest absolute Gasteiger partial charge is 0.243 e. The van der Waals surface area contributed by atoms with Crippen LogP contribution in [0.4, 0.5) is 0 Å². The highest BCUT2D eigenvalue weighted by molar-refractivity contribution is 7.91. The molecule has 0 heterocycles. The van der Waals surface area contributed by atoms with E-state index >= 15 is 0 Å². The fourth-order valence-electron chi connectivity index (χ4n) is 1.69. The molecule has 0 aliphatic heterocycles. The van der Waals surface area contributed by atoms with Gasteiger partial charge in [0, 0.05) is 25.4 Å². The maximum Gasteiger partial charge on any atom is 0.243 e. The predicted octanol–water partition coefficient (Wildman–Crippen LogP) is 0.468. The van der Waals surface area contributed by atoms with Crippen LogP contribution in [0.2, 0.25) is 0 Å². The predicted molar refractivity (Wildman–Crippen MR) is 89.7 cm³/mol. The Balaban J connectivity index is 2.77. The van der Waals surface area contributed by atoms with Gasteiger partial charge in [-0.3, -0.25) is 0 Å². The zero-order chi connectivity index (χ0) is 17.7. The topological polar surface area (TPSA) is 107 Å². The first-order valence-electron chi connectivity index (χ1n) is 7.25. The summed E-state index contributed by atoms with van der Waals surface area (Å²) >= 11 is 0. The van der Waals surface area contributed by atoms with Crippen molar-refractivity contribution in [2.45, 2.75) is 24.8 Å². The summed E-state index contributed by atoms with van der Waals surface area (Å²) in [4.78, 5) is 0.133. The van der Waals surface area contributed by atoms with Gasteiger partial charge in [-0.1, -0.05) is 6.92 Å². The molecule has 0 bridgehead atoms. The summed E-state index contributed by atoms with van der Waals surface area (Å²) in [5.41, 5.74) is 5.50. The van der Waals surface area contributed by atoms with Gasteiger partial charge in [0.15, 0.2) is 9.84 Å². The van der Waals surface area contributed by atoms with Gasteiger partial charge in [0.05, 0.1) is 10.6 Å². The van der Waals surface area contributed by atoms with E-state index in [0.29, 0.717) is 5.75 Å². The first kappa shape index (κ1) is 19.9. The monoisotopic (exact) mass is 364 g/mol. The van der Waals surface area contributed by atoms with E-state index in [-0.39, 0.29) is 35.6 Å². The van der Waals surface area contributed by atoms with E-state index in [2.05, 4.69) is 0 Å². The van der Waals surface area contributed by atoms with Crippen molar-refractivity contribution in [1.82, 2.24) is 4.31 Å². The molecule has 0 amide bonds. The van der Waals surface area contributed by atoms with Crippen LogP contribution in [0.5, 0.6) is 5.75 Å². The Bertz CT molecular complexity index is 699. The van der Waals surface area contributed by atoms with E-state index in [4.69, 9.17) is 10.5 Å². The second kappa shape index (κ2) is 8.09. The van der Waals surface area contributed by atoms with Crippen LogP contribution in [-0.2, 0) is 19.9 Å². The maximum absolute atomic E-state index is 12.4. The van der Waals surface area contributed by atoms with Gasteiger partial charge in [-0.15, -0.1) is 0 Å². The first-order chi connectivity index (χ1) is 10.6. The van der Waals surface area contributed by atoms with Crippen molar-refractivity contribution >= 4 is 19.9 Å². The summed E-state index contributed by atoms with van der Waals surface area (Å²) in [6, 6.07) is 5.56. The Morgan fingerprint density at radius 1 is 1.17 bits per heavy atom. The van der Waals surface area contributed by atoms with E-state index in [9.17, 15) is 16.8 Å². The molecule has 1 rings (SSSR count). The van der Waals surface area contributed by atoms with Gasteiger partial charge in [0.2, 0.25) is 10.0 Å². The largest absolute Gasteiger partial charge is 0.493 e. The van der Waals surface area contributed by atoms with Gasteiger partial charge in [-0.2, -0.15) is 4.31 Å². The third-order valence-electron chi connectivity index (χ3n) is 3.57. The van der Waals surface area contributed by atoms with Crippen molar-refractivity contribution in [3.05, 3.63) is 24.3 Å². The van der Waals surface area contributed by atoms with E-state index in [1.165, 1.54) is 35.6 Å². The summed E-state index contributed by atoms with van der Waals surface area (Å²) < 4.78 is 54.0. The molecular formula is C14H24N2O5S2. The molecule has 0 spiro atoms. The minimum Gasteiger partial charge on any atom is -0.493 e. The Morgan fingerprint density at radius 3 is 2.22 bits per heavy atom. The van der Waals surface area contributed by atoms with Gasteiger partial charge in [0.1, 0.15) is 12.4 Å². The average Bonchev–Trinajstić information content (AvgIpc) is 2.53.